The SMILES string of the molecule is Cc1nc(N2CCC(C(C)(C)C)CC2)nc(N)c1C(=O)NCC(=O)N(C)[C@@H]1C(=O)N[C@@H](C)C(=O)N[C@H](C(=O)O)Cc2ccc(OCCCN)c(c2)-c2cc1cc(OC[C@H](O)CN)c2O. The number of aromatic nitrogens is 2. The number of likely N-dealkylation sites (N-methyl/N-ethyl adjacent to an activating group) is 1. The highest BCUT2D eigenvalue weighted by Crippen LogP contribution is 2.45. The number of rotatable bonds is 14. The van der Waals surface area contributed by atoms with E-state index < -0.39 is 66.1 Å². The number of carbonyl (C=O) groups is 5. The van der Waals surface area contributed by atoms with Crippen molar-refractivity contribution in [1.29, 1.82) is 0 Å². The van der Waals surface area contributed by atoms with Crippen molar-refractivity contribution in [1.82, 2.24) is 30.8 Å². The fourth-order valence-electron chi connectivity index (χ4n) is 7.76. The van der Waals surface area contributed by atoms with Crippen LogP contribution in [0.25, 0.3) is 11.1 Å². The van der Waals surface area contributed by atoms with Crippen LogP contribution in [0.5, 0.6) is 17.2 Å². The molecule has 2 aromatic carbocycles. The number of nitrogens with zero attached hydrogens (tertiary/aromatic N) is 4. The highest BCUT2D eigenvalue weighted by Gasteiger charge is 2.35. The second-order valence-electron chi connectivity index (χ2n) is 17.4. The van der Waals surface area contributed by atoms with Gasteiger partial charge in [-0.3, -0.25) is 19.2 Å². The van der Waals surface area contributed by atoms with Crippen LogP contribution in [-0.2, 0) is 25.6 Å². The van der Waals surface area contributed by atoms with E-state index in [0.29, 0.717) is 36.1 Å². The van der Waals surface area contributed by atoms with Gasteiger partial charge in [-0.2, -0.15) is 4.98 Å². The third-order valence-electron chi connectivity index (χ3n) is 11.6. The highest BCUT2D eigenvalue weighted by atomic mass is 16.5. The number of aryl methyl sites for hydroxylation is 1. The van der Waals surface area contributed by atoms with Crippen molar-refractivity contribution in [2.75, 3.05) is 63.6 Å². The van der Waals surface area contributed by atoms with Crippen LogP contribution >= 0.6 is 0 Å². The van der Waals surface area contributed by atoms with Crippen LogP contribution in [0.4, 0.5) is 11.8 Å². The number of benzene rings is 2. The molecular formula is C44H62N10O10. The lowest BCUT2D eigenvalue weighted by Crippen LogP contribution is -2.53. The Balaban J connectivity index is 1.52. The standard InChI is InChI=1S/C44H62N10O10/c1-23-35(38(47)52-43(50-23)54-13-10-27(11-14-54)44(3,4)5)40(59)48-21-34(56)53(6)36-26-18-30(37(57)33(19-26)64-22-28(55)20-46)29-16-25(8-9-32(29)63-15-7-12-45)17-31(42(61)62)51-39(58)24(2)49-41(36)60/h8-9,16,18-19,24,27-28,31,36,55,57H,7,10-15,17,20-22,45-46H2,1-6H3,(H,48,59)(H,49,60)(H,51,58)(H,61,62)(H2,47,50,52)/t24-,28+,31-,36-/m0/s1. The van der Waals surface area contributed by atoms with Gasteiger partial charge in [-0.05, 0) is 86.4 Å². The van der Waals surface area contributed by atoms with E-state index in [1.54, 1.807) is 25.1 Å². The first-order valence-corrected chi connectivity index (χ1v) is 21.3. The number of hydrogen-bond acceptors (Lipinski definition) is 15. The van der Waals surface area contributed by atoms with Gasteiger partial charge >= 0.3 is 5.97 Å². The lowest BCUT2D eigenvalue weighted by Gasteiger charge is -2.38. The molecule has 348 valence electrons. The molecule has 4 atom stereocenters. The number of nitrogens with two attached hydrogens (primary N) is 3. The summed E-state index contributed by atoms with van der Waals surface area (Å²) in [4.78, 5) is 80.0. The molecule has 64 heavy (non-hydrogen) atoms. The molecule has 0 spiro atoms. The van der Waals surface area contributed by atoms with Crippen molar-refractivity contribution in [3.63, 3.8) is 0 Å². The topological polar surface area (TPSA) is 311 Å². The highest BCUT2D eigenvalue weighted by molar-refractivity contribution is 6.01. The fourth-order valence-corrected chi connectivity index (χ4v) is 7.76. The van der Waals surface area contributed by atoms with Gasteiger partial charge in [0, 0.05) is 44.2 Å². The number of carbonyl (C=O) groups excluding carboxylic acids is 4. The Morgan fingerprint density at radius 2 is 1.72 bits per heavy atom. The number of phenolic OH excluding ortho intramolecular Hbond substituents is 1. The number of ether oxygens (including phenoxy) is 2. The monoisotopic (exact) mass is 890 g/mol. The van der Waals surface area contributed by atoms with E-state index in [-0.39, 0.29) is 71.2 Å². The number of fused-ring (bicyclic) bond motifs is 5. The molecule has 2 aliphatic heterocycles. The summed E-state index contributed by atoms with van der Waals surface area (Å²) >= 11 is 0. The maximum atomic E-state index is 14.4. The summed E-state index contributed by atoms with van der Waals surface area (Å²) in [6.07, 6.45) is 1.04. The molecule has 2 aliphatic rings. The average molecular weight is 891 g/mol. The summed E-state index contributed by atoms with van der Waals surface area (Å²) in [6, 6.07) is 3.20. The van der Waals surface area contributed by atoms with Gasteiger partial charge in [0.25, 0.3) is 5.91 Å². The number of aliphatic hydroxyl groups is 1. The summed E-state index contributed by atoms with van der Waals surface area (Å²) < 4.78 is 11.9. The molecule has 0 aliphatic carbocycles. The molecule has 3 heterocycles. The number of phenols is 1. The third kappa shape index (κ3) is 11.7. The molecule has 0 saturated carbocycles. The minimum atomic E-state index is -1.57. The molecule has 12 N–H and O–H groups in total. The molecule has 4 bridgehead atoms. The number of aliphatic carboxylic acids is 1. The first kappa shape index (κ1) is 48.8. The molecule has 1 aromatic heterocycles. The quantitative estimate of drug-likeness (QED) is 0.102. The van der Waals surface area contributed by atoms with Gasteiger partial charge in [0.2, 0.25) is 23.7 Å². The molecule has 0 radical (unpaired) electrons. The molecule has 1 saturated heterocycles. The molecule has 5 rings (SSSR count). The van der Waals surface area contributed by atoms with Crippen LogP contribution in [0.2, 0.25) is 0 Å². The van der Waals surface area contributed by atoms with E-state index in [9.17, 15) is 39.3 Å². The van der Waals surface area contributed by atoms with E-state index in [2.05, 4.69) is 46.7 Å². The van der Waals surface area contributed by atoms with Gasteiger partial charge in [0.15, 0.2) is 11.5 Å². The number of aromatic hydroxyl groups is 1. The van der Waals surface area contributed by atoms with Gasteiger partial charge in [-0.15, -0.1) is 0 Å². The summed E-state index contributed by atoms with van der Waals surface area (Å²) in [5, 5.41) is 39.8. The second-order valence-corrected chi connectivity index (χ2v) is 17.4. The number of carboxylic acid groups (broad SMARTS) is 1. The fraction of sp³-hybridized carbons (Fsp3) is 0.523. The van der Waals surface area contributed by atoms with Crippen molar-refractivity contribution in [2.45, 2.75) is 84.5 Å². The maximum Gasteiger partial charge on any atom is 0.326 e. The molecule has 4 amide bonds. The van der Waals surface area contributed by atoms with E-state index in [4.69, 9.17) is 26.7 Å². The van der Waals surface area contributed by atoms with E-state index >= 15 is 0 Å². The summed E-state index contributed by atoms with van der Waals surface area (Å²) in [5.41, 5.74) is 19.0. The van der Waals surface area contributed by atoms with Crippen LogP contribution in [0.1, 0.15) is 80.2 Å². The zero-order chi connectivity index (χ0) is 47.0. The Morgan fingerprint density at radius 3 is 2.34 bits per heavy atom. The smallest absolute Gasteiger partial charge is 0.326 e. The third-order valence-corrected chi connectivity index (χ3v) is 11.6. The number of anilines is 2. The van der Waals surface area contributed by atoms with E-state index in [0.717, 1.165) is 30.8 Å². The number of amides is 4. The zero-order valence-electron chi connectivity index (χ0n) is 37.3. The van der Waals surface area contributed by atoms with Crippen molar-refractivity contribution in [3.05, 3.63) is 52.7 Å². The van der Waals surface area contributed by atoms with Gasteiger partial charge in [-0.25, -0.2) is 9.78 Å². The number of piperidine rings is 1. The van der Waals surface area contributed by atoms with Gasteiger partial charge < -0.3 is 67.7 Å². The molecular weight excluding hydrogens is 829 g/mol. The Kier molecular flexibility index (Phi) is 16.0. The van der Waals surface area contributed by atoms with Crippen molar-refractivity contribution in [2.24, 2.45) is 22.8 Å². The normalized spacial score (nSPS) is 18.8. The first-order chi connectivity index (χ1) is 30.2. The Labute approximate surface area is 372 Å². The van der Waals surface area contributed by atoms with Crippen LogP contribution in [0, 0.1) is 18.3 Å². The van der Waals surface area contributed by atoms with Gasteiger partial charge in [0.05, 0.1) is 18.8 Å². The predicted octanol–water partition coefficient (Wildman–Crippen LogP) is 0.988. The Morgan fingerprint density at radius 1 is 1.02 bits per heavy atom. The van der Waals surface area contributed by atoms with Gasteiger partial charge in [0.1, 0.15) is 48.0 Å². The number of nitrogen functional groups attached to an aromatic ring is 1. The molecule has 0 unspecified atom stereocenters. The Hall–Kier alpha value is -6.25. The summed E-state index contributed by atoms with van der Waals surface area (Å²) in [5.74, 6) is -4.06. The second kappa shape index (κ2) is 21.0. The molecule has 20 heteroatoms. The van der Waals surface area contributed by atoms with Gasteiger partial charge in [-0.1, -0.05) is 26.8 Å². The van der Waals surface area contributed by atoms with Crippen LogP contribution in [0.15, 0.2) is 30.3 Å². The zero-order valence-corrected chi connectivity index (χ0v) is 37.3. The van der Waals surface area contributed by atoms with Crippen molar-refractivity contribution >= 4 is 41.4 Å². The molecule has 20 nitrogen and oxygen atoms in total. The van der Waals surface area contributed by atoms with E-state index in [1.165, 1.54) is 26.1 Å². The van der Waals surface area contributed by atoms with Crippen molar-refractivity contribution in [3.8, 4) is 28.4 Å². The minimum absolute atomic E-state index is 0.0182. The average Bonchev–Trinajstić information content (AvgIpc) is 3.24. The first-order valence-electron chi connectivity index (χ1n) is 21.3. The van der Waals surface area contributed by atoms with Crippen LogP contribution < -0.4 is 47.5 Å². The number of nitrogens with one attached hydrogen (secondary N) is 3. The lowest BCUT2D eigenvalue weighted by atomic mass is 9.75. The summed E-state index contributed by atoms with van der Waals surface area (Å²) in [6.45, 7) is 10.4. The Bertz CT molecular complexity index is 2180. The van der Waals surface area contributed by atoms with Crippen LogP contribution in [0.3, 0.4) is 0 Å². The van der Waals surface area contributed by atoms with Crippen molar-refractivity contribution < 1.29 is 48.8 Å². The lowest BCUT2D eigenvalue weighted by molar-refractivity contribution is -0.142. The number of carboxylic acids is 1. The minimum Gasteiger partial charge on any atom is -0.504 e. The predicted molar refractivity (Wildman–Crippen MR) is 238 cm³/mol. The largest absolute Gasteiger partial charge is 0.504 e. The number of aliphatic hydroxyl groups excluding tert-OH is 1. The molecule has 3 aromatic rings. The molecule has 1 fully saturated rings. The maximum absolute atomic E-state index is 14.4. The van der Waals surface area contributed by atoms with E-state index in [1.807, 2.05) is 4.90 Å². The summed E-state index contributed by atoms with van der Waals surface area (Å²) in [7, 11) is 1.31. The number of hydrogen-bond donors (Lipinski definition) is 9. The van der Waals surface area contributed by atoms with Crippen LogP contribution in [-0.4, -0.2) is 131 Å².